The molecule has 36 heavy (non-hydrogen) atoms. The van der Waals surface area contributed by atoms with Crippen molar-refractivity contribution in [3.8, 4) is 39.1 Å². The van der Waals surface area contributed by atoms with Gasteiger partial charge in [-0.3, -0.25) is 9.97 Å². The van der Waals surface area contributed by atoms with Gasteiger partial charge in [-0.2, -0.15) is 0 Å². The van der Waals surface area contributed by atoms with Crippen LogP contribution in [0.3, 0.4) is 0 Å². The van der Waals surface area contributed by atoms with Gasteiger partial charge in [0, 0.05) is 44.4 Å². The maximum absolute atomic E-state index is 11.4. The number of hydrogen-bond acceptors (Lipinski definition) is 3. The van der Waals surface area contributed by atoms with Crippen LogP contribution >= 0.6 is 0 Å². The zero-order valence-corrected chi connectivity index (χ0v) is 21.4. The first-order valence-corrected chi connectivity index (χ1v) is 11.7. The van der Waals surface area contributed by atoms with Crippen LogP contribution < -0.4 is 0 Å². The molecule has 4 heteroatoms. The first-order chi connectivity index (χ1) is 17.1. The fourth-order valence-corrected chi connectivity index (χ4v) is 4.90. The molecule has 6 rings (SSSR count). The van der Waals surface area contributed by atoms with Crippen LogP contribution in [-0.2, 0) is 0 Å². The van der Waals surface area contributed by atoms with Crippen molar-refractivity contribution in [1.29, 1.82) is 0 Å². The van der Waals surface area contributed by atoms with Crippen LogP contribution in [0.15, 0.2) is 103 Å². The molecule has 2 heterocycles. The van der Waals surface area contributed by atoms with Gasteiger partial charge in [0.2, 0.25) is 0 Å². The predicted octanol–water partition coefficient (Wildman–Crippen LogP) is 7.73. The Labute approximate surface area is 221 Å². The second-order valence-electron chi connectivity index (χ2n) is 8.91. The number of aromatic hydroxyl groups is 1. The first kappa shape index (κ1) is 23.8. The van der Waals surface area contributed by atoms with Gasteiger partial charge < -0.3 is 5.11 Å². The van der Waals surface area contributed by atoms with Crippen molar-refractivity contribution in [3.63, 3.8) is 0 Å². The fraction of sp³-hybridized carbons (Fsp3) is 0.0625. The summed E-state index contributed by atoms with van der Waals surface area (Å²) in [4.78, 5) is 9.81. The van der Waals surface area contributed by atoms with E-state index >= 15 is 0 Å². The molecule has 0 saturated heterocycles. The third-order valence-electron chi connectivity index (χ3n) is 6.53. The number of phenolic OH excluding ortho intramolecular Hbond substituents is 1. The maximum Gasteiger partial charge on any atom is 3.00 e. The molecule has 0 fully saturated rings. The number of nitrogens with zero attached hydrogens (tertiary/aromatic N) is 2. The number of aryl methyl sites for hydroxylation is 2. The third-order valence-corrected chi connectivity index (χ3v) is 6.53. The van der Waals surface area contributed by atoms with E-state index in [2.05, 4.69) is 48.5 Å². The van der Waals surface area contributed by atoms with Crippen LogP contribution in [0.25, 0.3) is 55.2 Å². The van der Waals surface area contributed by atoms with Gasteiger partial charge in [0.25, 0.3) is 0 Å². The summed E-state index contributed by atoms with van der Waals surface area (Å²) in [6.07, 6.45) is 0. The summed E-state index contributed by atoms with van der Waals surface area (Å²) in [6.45, 7) is 4.00. The number of para-hydroxylation sites is 2. The van der Waals surface area contributed by atoms with Crippen molar-refractivity contribution in [2.75, 3.05) is 0 Å². The van der Waals surface area contributed by atoms with Gasteiger partial charge in [-0.05, 0) is 43.2 Å². The molecule has 0 atom stereocenters. The van der Waals surface area contributed by atoms with Gasteiger partial charge in [0.1, 0.15) is 5.75 Å². The molecule has 1 N–H and O–H groups in total. The summed E-state index contributed by atoms with van der Waals surface area (Å²) in [5.41, 5.74) is 9.42. The molecule has 0 radical (unpaired) electrons. The zero-order valence-electron chi connectivity index (χ0n) is 20.2. The van der Waals surface area contributed by atoms with Gasteiger partial charge in [-0.15, -0.1) is 0 Å². The van der Waals surface area contributed by atoms with Gasteiger partial charge in [-0.1, -0.05) is 84.9 Å². The molecule has 0 amide bonds. The minimum absolute atomic E-state index is 0. The number of benzene rings is 4. The normalized spacial score (nSPS) is 10.9. The molecular formula is C32H24AlN2O+3. The van der Waals surface area contributed by atoms with E-state index in [1.54, 1.807) is 6.07 Å². The number of pyridine rings is 2. The Morgan fingerprint density at radius 3 is 1.64 bits per heavy atom. The van der Waals surface area contributed by atoms with Crippen LogP contribution in [0.1, 0.15) is 11.4 Å². The average molecular weight is 480 g/mol. The number of phenols is 1. The quantitative estimate of drug-likeness (QED) is 0.264. The molecule has 0 aliphatic rings. The predicted molar refractivity (Wildman–Crippen MR) is 150 cm³/mol. The van der Waals surface area contributed by atoms with Gasteiger partial charge in [0.15, 0.2) is 0 Å². The standard InChI is InChI=1S/C32H24N2O.Al/c1-20-14-16-23-10-6-12-26(31(23)33-20)29-25(22-8-4-3-5-9-22)18-19-28(35)30(29)27-13-7-11-24-17-15-21(2)34-32(24)27;/h3-19,35H,1-2H3;/q;+3. The van der Waals surface area contributed by atoms with E-state index in [1.165, 1.54) is 0 Å². The summed E-state index contributed by atoms with van der Waals surface area (Å²) in [5.74, 6) is 0.222. The molecule has 0 spiro atoms. The van der Waals surface area contributed by atoms with Gasteiger partial charge in [0.05, 0.1) is 11.0 Å². The van der Waals surface area contributed by atoms with Crippen molar-refractivity contribution in [1.82, 2.24) is 9.97 Å². The minimum Gasteiger partial charge on any atom is -0.507 e. The van der Waals surface area contributed by atoms with Crippen molar-refractivity contribution in [2.45, 2.75) is 13.8 Å². The third kappa shape index (κ3) is 4.05. The zero-order chi connectivity index (χ0) is 23.9. The van der Waals surface area contributed by atoms with Crippen LogP contribution in [0.5, 0.6) is 5.75 Å². The van der Waals surface area contributed by atoms with Crippen molar-refractivity contribution in [3.05, 3.63) is 115 Å². The van der Waals surface area contributed by atoms with Crippen LogP contribution in [0, 0.1) is 13.8 Å². The molecule has 4 aromatic carbocycles. The Hall–Kier alpha value is -3.97. The van der Waals surface area contributed by atoms with Crippen molar-refractivity contribution in [2.24, 2.45) is 0 Å². The molecule has 0 saturated carbocycles. The largest absolute Gasteiger partial charge is 3.00 e. The second-order valence-corrected chi connectivity index (χ2v) is 8.91. The number of fused-ring (bicyclic) bond motifs is 2. The van der Waals surface area contributed by atoms with Gasteiger partial charge in [-0.25, -0.2) is 0 Å². The number of aromatic nitrogens is 2. The summed E-state index contributed by atoms with van der Waals surface area (Å²) < 4.78 is 0. The summed E-state index contributed by atoms with van der Waals surface area (Å²) in [5, 5.41) is 13.5. The summed E-state index contributed by atoms with van der Waals surface area (Å²) >= 11 is 0. The Bertz CT molecular complexity index is 1730. The van der Waals surface area contributed by atoms with E-state index in [-0.39, 0.29) is 23.1 Å². The maximum atomic E-state index is 11.4. The van der Waals surface area contributed by atoms with E-state index in [1.807, 2.05) is 62.4 Å². The van der Waals surface area contributed by atoms with Gasteiger partial charge >= 0.3 is 17.4 Å². The molecule has 0 bridgehead atoms. The second kappa shape index (κ2) is 9.59. The van der Waals surface area contributed by atoms with Crippen LogP contribution in [-0.4, -0.2) is 32.4 Å². The van der Waals surface area contributed by atoms with E-state index < -0.39 is 0 Å². The SMILES string of the molecule is Cc1ccc2cccc(-c3c(O)ccc(-c4ccccc4)c3-c3cccc4ccc(C)nc34)c2n1.[Al+3]. The van der Waals surface area contributed by atoms with Crippen molar-refractivity contribution < 1.29 is 5.11 Å². The molecule has 0 unspecified atom stereocenters. The topological polar surface area (TPSA) is 46.0 Å². The molecule has 168 valence electrons. The molecule has 6 aromatic rings. The van der Waals surface area contributed by atoms with Crippen LogP contribution in [0.2, 0.25) is 0 Å². The molecule has 3 nitrogen and oxygen atoms in total. The summed E-state index contributed by atoms with van der Waals surface area (Å²) in [6, 6.07) is 34.7. The molecule has 2 aromatic heterocycles. The summed E-state index contributed by atoms with van der Waals surface area (Å²) in [7, 11) is 0. The Morgan fingerprint density at radius 2 is 1.06 bits per heavy atom. The van der Waals surface area contributed by atoms with Crippen LogP contribution in [0.4, 0.5) is 0 Å². The molecule has 0 aliphatic carbocycles. The number of hydrogen-bond donors (Lipinski definition) is 1. The van der Waals surface area contributed by atoms with E-state index in [0.717, 1.165) is 66.6 Å². The Kier molecular flexibility index (Phi) is 6.33. The molecule has 0 aliphatic heterocycles. The fourth-order valence-electron chi connectivity index (χ4n) is 4.90. The van der Waals surface area contributed by atoms with E-state index in [0.29, 0.717) is 0 Å². The number of rotatable bonds is 3. The monoisotopic (exact) mass is 479 g/mol. The van der Waals surface area contributed by atoms with E-state index in [9.17, 15) is 5.11 Å². The Balaban J connectivity index is 0.00000267. The molecular weight excluding hydrogens is 455 g/mol. The minimum atomic E-state index is 0. The first-order valence-electron chi connectivity index (χ1n) is 11.7. The average Bonchev–Trinajstić information content (AvgIpc) is 2.88. The smallest absolute Gasteiger partial charge is 0.507 e. The van der Waals surface area contributed by atoms with E-state index in [4.69, 9.17) is 9.97 Å². The van der Waals surface area contributed by atoms with Crippen molar-refractivity contribution >= 4 is 39.2 Å². The Morgan fingerprint density at radius 1 is 0.500 bits per heavy atom.